The Hall–Kier alpha value is -2.96. The fourth-order valence-electron chi connectivity index (χ4n) is 2.96. The lowest BCUT2D eigenvalue weighted by atomic mass is 10.2. The van der Waals surface area contributed by atoms with Crippen molar-refractivity contribution in [1.82, 2.24) is 19.2 Å². The molecule has 1 heterocycles. The summed E-state index contributed by atoms with van der Waals surface area (Å²) in [4.78, 5) is 12.3. The molecule has 0 aliphatic rings. The van der Waals surface area contributed by atoms with E-state index in [1.807, 2.05) is 0 Å². The highest BCUT2D eigenvalue weighted by atomic mass is 32.2. The van der Waals surface area contributed by atoms with Crippen molar-refractivity contribution >= 4 is 33.4 Å². The number of benzene rings is 2. The number of sulfonamides is 1. The lowest BCUT2D eigenvalue weighted by molar-refractivity contribution is -0.113. The van der Waals surface area contributed by atoms with Crippen LogP contribution < -0.4 is 11.2 Å². The molecule has 170 valence electrons. The Morgan fingerprint density at radius 2 is 1.88 bits per heavy atom. The zero-order chi connectivity index (χ0) is 23.3. The van der Waals surface area contributed by atoms with E-state index in [0.29, 0.717) is 18.7 Å². The number of nitrogens with one attached hydrogen (secondary N) is 1. The maximum absolute atomic E-state index is 13.7. The molecular formula is C20H23FN6O3S2. The number of para-hydroxylation sites is 1. The van der Waals surface area contributed by atoms with Crippen LogP contribution in [-0.2, 0) is 14.8 Å². The highest BCUT2D eigenvalue weighted by Gasteiger charge is 2.23. The predicted molar refractivity (Wildman–Crippen MR) is 121 cm³/mol. The second kappa shape index (κ2) is 10.1. The van der Waals surface area contributed by atoms with Gasteiger partial charge in [0.15, 0.2) is 5.82 Å². The Morgan fingerprint density at radius 3 is 2.56 bits per heavy atom. The summed E-state index contributed by atoms with van der Waals surface area (Å²) in [5.74, 6) is 5.30. The molecule has 0 unspecified atom stereocenters. The van der Waals surface area contributed by atoms with Crippen molar-refractivity contribution in [3.05, 3.63) is 54.3 Å². The Bertz CT molecular complexity index is 1210. The number of rotatable bonds is 9. The highest BCUT2D eigenvalue weighted by Crippen LogP contribution is 2.25. The summed E-state index contributed by atoms with van der Waals surface area (Å²) in [7, 11) is -3.65. The molecule has 0 saturated carbocycles. The number of halogens is 1. The number of nitrogen functional groups attached to an aromatic ring is 1. The van der Waals surface area contributed by atoms with Crippen LogP contribution in [0.15, 0.2) is 58.6 Å². The van der Waals surface area contributed by atoms with Crippen LogP contribution in [0.2, 0.25) is 0 Å². The minimum atomic E-state index is -3.65. The quantitative estimate of drug-likeness (QED) is 0.358. The van der Waals surface area contributed by atoms with Gasteiger partial charge in [-0.1, -0.05) is 49.9 Å². The third kappa shape index (κ3) is 5.09. The van der Waals surface area contributed by atoms with Gasteiger partial charge in [0, 0.05) is 18.7 Å². The topological polar surface area (TPSA) is 123 Å². The summed E-state index contributed by atoms with van der Waals surface area (Å²) in [6.45, 7) is 4.25. The van der Waals surface area contributed by atoms with Gasteiger partial charge in [-0.3, -0.25) is 4.79 Å². The molecule has 3 rings (SSSR count). The van der Waals surface area contributed by atoms with Crippen LogP contribution in [0.25, 0.3) is 11.4 Å². The standard InChI is InChI=1S/C20H23FN6O3S2/c1-3-26(4-2)32(29,30)15-9-7-8-14(12-15)19-24-25-20(27(19)22)31-13-18(28)23-17-11-6-5-10-16(17)21/h5-12H,3-4,13,22H2,1-2H3,(H,23,28). The Labute approximate surface area is 189 Å². The van der Waals surface area contributed by atoms with E-state index in [1.54, 1.807) is 32.0 Å². The van der Waals surface area contributed by atoms with Crippen molar-refractivity contribution in [2.24, 2.45) is 0 Å². The Morgan fingerprint density at radius 1 is 1.16 bits per heavy atom. The molecule has 0 saturated heterocycles. The van der Waals surface area contributed by atoms with Crippen molar-refractivity contribution in [2.75, 3.05) is 30.0 Å². The lowest BCUT2D eigenvalue weighted by Gasteiger charge is -2.18. The molecule has 12 heteroatoms. The van der Waals surface area contributed by atoms with Gasteiger partial charge in [-0.15, -0.1) is 10.2 Å². The molecule has 0 fully saturated rings. The minimum absolute atomic E-state index is 0.0694. The number of nitrogens with two attached hydrogens (primary N) is 1. The van der Waals surface area contributed by atoms with Crippen molar-refractivity contribution in [2.45, 2.75) is 23.9 Å². The molecule has 32 heavy (non-hydrogen) atoms. The maximum atomic E-state index is 13.7. The average molecular weight is 479 g/mol. The fraction of sp³-hybridized carbons (Fsp3) is 0.250. The summed E-state index contributed by atoms with van der Waals surface area (Å²) in [6.07, 6.45) is 0. The summed E-state index contributed by atoms with van der Waals surface area (Å²) < 4.78 is 41.8. The number of hydrogen-bond acceptors (Lipinski definition) is 7. The molecule has 0 atom stereocenters. The summed E-state index contributed by atoms with van der Waals surface area (Å²) in [6, 6.07) is 12.1. The highest BCUT2D eigenvalue weighted by molar-refractivity contribution is 7.99. The number of aromatic nitrogens is 3. The van der Waals surface area contributed by atoms with Crippen molar-refractivity contribution in [3.8, 4) is 11.4 Å². The molecule has 1 amide bonds. The van der Waals surface area contributed by atoms with E-state index >= 15 is 0 Å². The van der Waals surface area contributed by atoms with Crippen LogP contribution in [-0.4, -0.2) is 52.3 Å². The number of thioether (sulfide) groups is 1. The summed E-state index contributed by atoms with van der Waals surface area (Å²) in [5.41, 5.74) is 0.551. The summed E-state index contributed by atoms with van der Waals surface area (Å²) >= 11 is 1.02. The Kier molecular flexibility index (Phi) is 7.48. The molecule has 9 nitrogen and oxygen atoms in total. The molecule has 0 radical (unpaired) electrons. The third-order valence-corrected chi connectivity index (χ3v) is 7.57. The van der Waals surface area contributed by atoms with Gasteiger partial charge in [0.1, 0.15) is 5.82 Å². The minimum Gasteiger partial charge on any atom is -0.335 e. The number of amides is 1. The number of anilines is 1. The zero-order valence-corrected chi connectivity index (χ0v) is 19.2. The van der Waals surface area contributed by atoms with Gasteiger partial charge in [-0.25, -0.2) is 17.5 Å². The molecule has 2 aromatic carbocycles. The van der Waals surface area contributed by atoms with E-state index in [2.05, 4.69) is 15.5 Å². The molecule has 3 aromatic rings. The zero-order valence-electron chi connectivity index (χ0n) is 17.5. The maximum Gasteiger partial charge on any atom is 0.243 e. The van der Waals surface area contributed by atoms with E-state index in [9.17, 15) is 17.6 Å². The SMILES string of the molecule is CCN(CC)S(=O)(=O)c1cccc(-c2nnc(SCC(=O)Nc3ccccc3F)n2N)c1. The van der Waals surface area contributed by atoms with E-state index in [0.717, 1.165) is 11.8 Å². The molecule has 0 spiro atoms. The van der Waals surface area contributed by atoms with Crippen LogP contribution in [0.4, 0.5) is 10.1 Å². The molecular weight excluding hydrogens is 455 g/mol. The number of nitrogens with zero attached hydrogens (tertiary/aromatic N) is 4. The van der Waals surface area contributed by atoms with Gasteiger partial charge in [-0.2, -0.15) is 4.31 Å². The smallest absolute Gasteiger partial charge is 0.243 e. The van der Waals surface area contributed by atoms with Gasteiger partial charge in [-0.05, 0) is 24.3 Å². The van der Waals surface area contributed by atoms with Crippen LogP contribution in [0.5, 0.6) is 0 Å². The number of hydrogen-bond donors (Lipinski definition) is 2. The van der Waals surface area contributed by atoms with Crippen molar-refractivity contribution in [1.29, 1.82) is 0 Å². The number of carbonyl (C=O) groups excluding carboxylic acids is 1. The second-order valence-corrected chi connectivity index (χ2v) is 9.49. The first-order valence-electron chi connectivity index (χ1n) is 9.76. The van der Waals surface area contributed by atoms with Crippen molar-refractivity contribution in [3.63, 3.8) is 0 Å². The van der Waals surface area contributed by atoms with E-state index in [4.69, 9.17) is 5.84 Å². The second-order valence-electron chi connectivity index (χ2n) is 6.61. The van der Waals surface area contributed by atoms with Gasteiger partial charge in [0.25, 0.3) is 0 Å². The van der Waals surface area contributed by atoms with E-state index < -0.39 is 21.7 Å². The molecule has 0 aliphatic carbocycles. The average Bonchev–Trinajstić information content (AvgIpc) is 3.15. The Balaban J connectivity index is 1.75. The first-order valence-corrected chi connectivity index (χ1v) is 12.2. The normalized spacial score (nSPS) is 11.6. The fourth-order valence-corrected chi connectivity index (χ4v) is 5.12. The third-order valence-electron chi connectivity index (χ3n) is 4.58. The van der Waals surface area contributed by atoms with Crippen molar-refractivity contribution < 1.29 is 17.6 Å². The van der Waals surface area contributed by atoms with Gasteiger partial charge in [0.05, 0.1) is 16.3 Å². The molecule has 0 aliphatic heterocycles. The van der Waals surface area contributed by atoms with Gasteiger partial charge < -0.3 is 11.2 Å². The monoisotopic (exact) mass is 478 g/mol. The first kappa shape index (κ1) is 23.7. The lowest BCUT2D eigenvalue weighted by Crippen LogP contribution is -2.30. The first-order chi connectivity index (χ1) is 15.3. The van der Waals surface area contributed by atoms with Gasteiger partial charge in [0.2, 0.25) is 21.1 Å². The van der Waals surface area contributed by atoms with Crippen LogP contribution in [0, 0.1) is 5.82 Å². The summed E-state index contributed by atoms with van der Waals surface area (Å²) in [5, 5.41) is 10.8. The van der Waals surface area contributed by atoms with Gasteiger partial charge >= 0.3 is 0 Å². The molecule has 1 aromatic heterocycles. The number of carbonyl (C=O) groups is 1. The van der Waals surface area contributed by atoms with E-state index in [-0.39, 0.29) is 27.3 Å². The predicted octanol–water partition coefficient (Wildman–Crippen LogP) is 2.56. The van der Waals surface area contributed by atoms with E-state index in [1.165, 1.54) is 39.3 Å². The van der Waals surface area contributed by atoms with Crippen LogP contribution in [0.1, 0.15) is 13.8 Å². The van der Waals surface area contributed by atoms with Crippen LogP contribution in [0.3, 0.4) is 0 Å². The largest absolute Gasteiger partial charge is 0.335 e. The molecule has 0 bridgehead atoms. The molecule has 3 N–H and O–H groups in total. The van der Waals surface area contributed by atoms with Crippen LogP contribution >= 0.6 is 11.8 Å².